The molecule has 2 atom stereocenters. The van der Waals surface area contributed by atoms with Gasteiger partial charge in [0.1, 0.15) is 0 Å². The second-order valence-corrected chi connectivity index (χ2v) is 5.32. The first-order chi connectivity index (χ1) is 10.3. The van der Waals surface area contributed by atoms with E-state index < -0.39 is 0 Å². The topological polar surface area (TPSA) is 26.3 Å². The van der Waals surface area contributed by atoms with Crippen LogP contribution in [0.5, 0.6) is 0 Å². The fourth-order valence-corrected chi connectivity index (χ4v) is 2.77. The average Bonchev–Trinajstić information content (AvgIpc) is 3.03. The molecule has 2 nitrogen and oxygen atoms in total. The quantitative estimate of drug-likeness (QED) is 0.619. The summed E-state index contributed by atoms with van der Waals surface area (Å²) >= 11 is 0. The third-order valence-electron chi connectivity index (χ3n) is 3.91. The maximum Gasteiger partial charge on any atom is 0.338 e. The van der Waals surface area contributed by atoms with Crippen LogP contribution in [-0.2, 0) is 4.74 Å². The summed E-state index contributed by atoms with van der Waals surface area (Å²) < 4.78 is 5.48. The molecule has 2 aromatic carbocycles. The van der Waals surface area contributed by atoms with Crippen LogP contribution in [0.25, 0.3) is 0 Å². The van der Waals surface area contributed by atoms with Crippen molar-refractivity contribution in [2.75, 3.05) is 6.61 Å². The number of esters is 1. The fourth-order valence-electron chi connectivity index (χ4n) is 2.77. The van der Waals surface area contributed by atoms with E-state index in [1.807, 2.05) is 24.3 Å². The van der Waals surface area contributed by atoms with Crippen LogP contribution < -0.4 is 0 Å². The van der Waals surface area contributed by atoms with Gasteiger partial charge in [-0.15, -0.1) is 0 Å². The van der Waals surface area contributed by atoms with Gasteiger partial charge in [0, 0.05) is 11.8 Å². The highest BCUT2D eigenvalue weighted by molar-refractivity contribution is 5.89. The Morgan fingerprint density at radius 1 is 1.00 bits per heavy atom. The second-order valence-electron chi connectivity index (χ2n) is 5.32. The summed E-state index contributed by atoms with van der Waals surface area (Å²) in [5.41, 5.74) is 1.90. The van der Waals surface area contributed by atoms with Crippen molar-refractivity contribution < 1.29 is 9.53 Å². The Kier molecular flexibility index (Phi) is 4.15. The van der Waals surface area contributed by atoms with Gasteiger partial charge in [0.05, 0.1) is 12.2 Å². The number of rotatable bonds is 4. The number of carbonyl (C=O) groups excluding carboxylic acids is 1. The highest BCUT2D eigenvalue weighted by Crippen LogP contribution is 2.34. The van der Waals surface area contributed by atoms with E-state index in [-0.39, 0.29) is 5.97 Å². The van der Waals surface area contributed by atoms with Crippen molar-refractivity contribution >= 4 is 5.97 Å². The van der Waals surface area contributed by atoms with E-state index in [0.29, 0.717) is 24.0 Å². The third kappa shape index (κ3) is 3.22. The predicted octanol–water partition coefficient (Wildman–Crippen LogP) is 4.20. The van der Waals surface area contributed by atoms with Gasteiger partial charge in [0.15, 0.2) is 0 Å². The molecule has 0 aromatic heterocycles. The third-order valence-corrected chi connectivity index (χ3v) is 3.91. The summed E-state index contributed by atoms with van der Waals surface area (Å²) in [6, 6.07) is 19.5. The molecular weight excluding hydrogens is 260 g/mol. The van der Waals surface area contributed by atoms with E-state index >= 15 is 0 Å². The van der Waals surface area contributed by atoms with Gasteiger partial charge in [-0.1, -0.05) is 60.7 Å². The lowest BCUT2D eigenvalue weighted by atomic mass is 9.89. The molecule has 0 fully saturated rings. The molecule has 1 aliphatic rings. The smallest absolute Gasteiger partial charge is 0.338 e. The molecule has 21 heavy (non-hydrogen) atoms. The van der Waals surface area contributed by atoms with Gasteiger partial charge in [-0.3, -0.25) is 0 Å². The molecule has 0 spiro atoms. The van der Waals surface area contributed by atoms with Crippen molar-refractivity contribution in [1.82, 2.24) is 0 Å². The number of ether oxygens (including phenoxy) is 1. The molecule has 0 amide bonds. The summed E-state index contributed by atoms with van der Waals surface area (Å²) in [6.07, 6.45) is 5.36. The van der Waals surface area contributed by atoms with Crippen LogP contribution in [-0.4, -0.2) is 12.6 Å². The van der Waals surface area contributed by atoms with E-state index in [1.54, 1.807) is 12.1 Å². The highest BCUT2D eigenvalue weighted by atomic mass is 16.5. The molecular formula is C19H18O2. The molecule has 106 valence electrons. The minimum atomic E-state index is -0.241. The standard InChI is InChI=1S/C19H18O2/c20-19(16-10-5-2-6-11-16)21-14-17-12-7-13-18(17)15-8-3-1-4-9-15/h1-11,13,17-18H,12,14H2/t17-,18-/m1/s1. The summed E-state index contributed by atoms with van der Waals surface area (Å²) in [6.45, 7) is 0.459. The van der Waals surface area contributed by atoms with Gasteiger partial charge < -0.3 is 4.74 Å². The normalized spacial score (nSPS) is 20.4. The maximum absolute atomic E-state index is 12.0. The zero-order valence-electron chi connectivity index (χ0n) is 11.8. The van der Waals surface area contributed by atoms with Crippen LogP contribution in [0.2, 0.25) is 0 Å². The van der Waals surface area contributed by atoms with Crippen LogP contribution in [0, 0.1) is 5.92 Å². The van der Waals surface area contributed by atoms with Gasteiger partial charge >= 0.3 is 5.97 Å². The zero-order chi connectivity index (χ0) is 14.5. The Morgan fingerprint density at radius 3 is 2.38 bits per heavy atom. The summed E-state index contributed by atoms with van der Waals surface area (Å²) in [7, 11) is 0. The summed E-state index contributed by atoms with van der Waals surface area (Å²) in [4.78, 5) is 12.0. The molecule has 0 N–H and O–H groups in total. The van der Waals surface area contributed by atoms with E-state index in [1.165, 1.54) is 5.56 Å². The molecule has 0 saturated carbocycles. The first-order valence-electron chi connectivity index (χ1n) is 7.28. The number of carbonyl (C=O) groups is 1. The molecule has 0 radical (unpaired) electrons. The Balaban J connectivity index is 1.62. The Morgan fingerprint density at radius 2 is 1.67 bits per heavy atom. The molecule has 0 aliphatic heterocycles. The minimum absolute atomic E-state index is 0.241. The number of benzene rings is 2. The van der Waals surface area contributed by atoms with Gasteiger partial charge in [-0.25, -0.2) is 4.79 Å². The van der Waals surface area contributed by atoms with Gasteiger partial charge in [-0.2, -0.15) is 0 Å². The molecule has 0 heterocycles. The van der Waals surface area contributed by atoms with Crippen LogP contribution in [0.1, 0.15) is 28.3 Å². The van der Waals surface area contributed by atoms with Crippen molar-refractivity contribution in [3.63, 3.8) is 0 Å². The number of hydrogen-bond acceptors (Lipinski definition) is 2. The fraction of sp³-hybridized carbons (Fsp3) is 0.211. The van der Waals surface area contributed by atoms with E-state index in [0.717, 1.165) is 6.42 Å². The second kappa shape index (κ2) is 6.40. The summed E-state index contributed by atoms with van der Waals surface area (Å²) in [5, 5.41) is 0. The molecule has 0 saturated heterocycles. The van der Waals surface area contributed by atoms with E-state index in [2.05, 4.69) is 36.4 Å². The van der Waals surface area contributed by atoms with Crippen molar-refractivity contribution in [2.45, 2.75) is 12.3 Å². The van der Waals surface area contributed by atoms with Crippen LogP contribution >= 0.6 is 0 Å². The Labute approximate surface area is 125 Å². The molecule has 2 heteroatoms. The molecule has 1 aliphatic carbocycles. The summed E-state index contributed by atoms with van der Waals surface area (Å²) in [5.74, 6) is 0.434. The molecule has 0 unspecified atom stereocenters. The lowest BCUT2D eigenvalue weighted by Gasteiger charge is -2.19. The van der Waals surface area contributed by atoms with Gasteiger partial charge in [-0.05, 0) is 24.1 Å². The predicted molar refractivity (Wildman–Crippen MR) is 83.2 cm³/mol. The monoisotopic (exact) mass is 278 g/mol. The van der Waals surface area contributed by atoms with Crippen molar-refractivity contribution in [3.05, 3.63) is 83.9 Å². The SMILES string of the molecule is O=C(OC[C@H]1CC=C[C@@H]1c1ccccc1)c1ccccc1. The number of allylic oxidation sites excluding steroid dienone is 2. The first kappa shape index (κ1) is 13.6. The maximum atomic E-state index is 12.0. The highest BCUT2D eigenvalue weighted by Gasteiger charge is 2.25. The van der Waals surface area contributed by atoms with Crippen LogP contribution in [0.3, 0.4) is 0 Å². The van der Waals surface area contributed by atoms with E-state index in [9.17, 15) is 4.79 Å². The lowest BCUT2D eigenvalue weighted by molar-refractivity contribution is 0.0436. The van der Waals surface area contributed by atoms with E-state index in [4.69, 9.17) is 4.74 Å². The number of hydrogen-bond donors (Lipinski definition) is 0. The molecule has 0 bridgehead atoms. The Hall–Kier alpha value is -2.35. The van der Waals surface area contributed by atoms with Crippen molar-refractivity contribution in [3.8, 4) is 0 Å². The van der Waals surface area contributed by atoms with Crippen molar-refractivity contribution in [1.29, 1.82) is 0 Å². The van der Waals surface area contributed by atoms with Crippen molar-refractivity contribution in [2.24, 2.45) is 5.92 Å². The van der Waals surface area contributed by atoms with Gasteiger partial charge in [0.25, 0.3) is 0 Å². The van der Waals surface area contributed by atoms with Gasteiger partial charge in [0.2, 0.25) is 0 Å². The largest absolute Gasteiger partial charge is 0.462 e. The zero-order valence-corrected chi connectivity index (χ0v) is 11.8. The van der Waals surface area contributed by atoms with Crippen LogP contribution in [0.4, 0.5) is 0 Å². The Bertz CT molecular complexity index is 617. The first-order valence-corrected chi connectivity index (χ1v) is 7.28. The molecule has 3 rings (SSSR count). The van der Waals surface area contributed by atoms with Crippen LogP contribution in [0.15, 0.2) is 72.8 Å². The molecule has 2 aromatic rings. The minimum Gasteiger partial charge on any atom is -0.462 e. The average molecular weight is 278 g/mol. The lowest BCUT2D eigenvalue weighted by Crippen LogP contribution is -2.17.